The van der Waals surface area contributed by atoms with Gasteiger partial charge in [-0.3, -0.25) is 4.98 Å². The molecule has 0 aromatic carbocycles. The van der Waals surface area contributed by atoms with E-state index in [2.05, 4.69) is 38.2 Å². The van der Waals surface area contributed by atoms with Crippen molar-refractivity contribution in [3.63, 3.8) is 0 Å². The minimum atomic E-state index is 0. The summed E-state index contributed by atoms with van der Waals surface area (Å²) in [6, 6.07) is 10.2. The van der Waals surface area contributed by atoms with Gasteiger partial charge in [0.25, 0.3) is 0 Å². The average Bonchev–Trinajstić information content (AvgIpc) is 2.57. The summed E-state index contributed by atoms with van der Waals surface area (Å²) in [4.78, 5) is 13.7. The Morgan fingerprint density at radius 1 is 0.957 bits per heavy atom. The fourth-order valence-corrected chi connectivity index (χ4v) is 2.70. The Morgan fingerprint density at radius 3 is 2.48 bits per heavy atom. The van der Waals surface area contributed by atoms with Gasteiger partial charge in [0.1, 0.15) is 5.82 Å². The van der Waals surface area contributed by atoms with Gasteiger partial charge in [0, 0.05) is 57.2 Å². The van der Waals surface area contributed by atoms with Crippen LogP contribution in [0.5, 0.6) is 0 Å². The maximum atomic E-state index is 4.60. The number of pyridine rings is 2. The van der Waals surface area contributed by atoms with Crippen molar-refractivity contribution in [1.29, 1.82) is 0 Å². The number of halogens is 1. The lowest BCUT2D eigenvalue weighted by Gasteiger charge is -2.34. The topological polar surface area (TPSA) is 44.3 Å². The molecule has 23 heavy (non-hydrogen) atoms. The number of rotatable bonds is 5. The Morgan fingerprint density at radius 2 is 1.74 bits per heavy atom. The molecule has 0 atom stereocenters. The summed E-state index contributed by atoms with van der Waals surface area (Å²) in [5.74, 6) is 1.11. The molecular formula is C17H24ClN5. The molecule has 0 saturated carbocycles. The molecule has 2 aromatic heterocycles. The molecule has 0 spiro atoms. The molecule has 2 aromatic rings. The van der Waals surface area contributed by atoms with Crippen LogP contribution in [-0.2, 0) is 13.1 Å². The van der Waals surface area contributed by atoms with Crippen LogP contribution in [0.1, 0.15) is 11.3 Å². The zero-order valence-corrected chi connectivity index (χ0v) is 14.3. The number of hydrogen-bond acceptors (Lipinski definition) is 5. The minimum Gasteiger partial charge on any atom is -0.354 e. The van der Waals surface area contributed by atoms with Gasteiger partial charge in [-0.15, -0.1) is 12.4 Å². The smallest absolute Gasteiger partial charge is 0.133 e. The van der Waals surface area contributed by atoms with E-state index in [1.54, 1.807) is 0 Å². The van der Waals surface area contributed by atoms with Gasteiger partial charge in [-0.2, -0.15) is 0 Å². The Bertz CT molecular complexity index is 585. The van der Waals surface area contributed by atoms with E-state index in [-0.39, 0.29) is 12.4 Å². The van der Waals surface area contributed by atoms with Crippen LogP contribution in [-0.4, -0.2) is 48.1 Å². The Balaban J connectivity index is 0.00000192. The highest BCUT2D eigenvalue weighted by Crippen LogP contribution is 2.18. The molecule has 5 nitrogen and oxygen atoms in total. The molecule has 0 radical (unpaired) electrons. The molecule has 124 valence electrons. The van der Waals surface area contributed by atoms with Crippen LogP contribution >= 0.6 is 12.4 Å². The van der Waals surface area contributed by atoms with Crippen LogP contribution in [0.15, 0.2) is 42.7 Å². The predicted octanol–water partition coefficient (Wildman–Crippen LogP) is 1.94. The van der Waals surface area contributed by atoms with Crippen LogP contribution in [0.4, 0.5) is 5.82 Å². The lowest BCUT2D eigenvalue weighted by Crippen LogP contribution is -2.45. The van der Waals surface area contributed by atoms with Gasteiger partial charge < -0.3 is 15.1 Å². The lowest BCUT2D eigenvalue weighted by atomic mass is 10.2. The number of hydrogen-bond donors (Lipinski definition) is 1. The molecular weight excluding hydrogens is 310 g/mol. The first-order chi connectivity index (χ1) is 10.8. The monoisotopic (exact) mass is 333 g/mol. The summed E-state index contributed by atoms with van der Waals surface area (Å²) in [5, 5.41) is 3.47. The molecule has 1 aliphatic rings. The molecule has 6 heteroatoms. The van der Waals surface area contributed by atoms with Crippen molar-refractivity contribution in [1.82, 2.24) is 20.2 Å². The highest BCUT2D eigenvalue weighted by molar-refractivity contribution is 5.85. The average molecular weight is 334 g/mol. The second-order valence-electron chi connectivity index (χ2n) is 5.70. The predicted molar refractivity (Wildman–Crippen MR) is 96.0 cm³/mol. The first-order valence-corrected chi connectivity index (χ1v) is 7.81. The lowest BCUT2D eigenvalue weighted by molar-refractivity contribution is 0.311. The van der Waals surface area contributed by atoms with Gasteiger partial charge in [-0.25, -0.2) is 4.98 Å². The molecule has 3 rings (SSSR count). The van der Waals surface area contributed by atoms with Crippen molar-refractivity contribution in [3.05, 3.63) is 54.0 Å². The fraction of sp³-hybridized carbons (Fsp3) is 0.412. The quantitative estimate of drug-likeness (QED) is 0.906. The van der Waals surface area contributed by atoms with Crippen molar-refractivity contribution in [3.8, 4) is 0 Å². The van der Waals surface area contributed by atoms with Gasteiger partial charge in [0.2, 0.25) is 0 Å². The zero-order chi connectivity index (χ0) is 15.2. The van der Waals surface area contributed by atoms with E-state index in [0.29, 0.717) is 0 Å². The zero-order valence-electron chi connectivity index (χ0n) is 13.5. The van der Waals surface area contributed by atoms with E-state index in [1.807, 2.05) is 36.7 Å². The van der Waals surface area contributed by atoms with E-state index < -0.39 is 0 Å². The minimum absolute atomic E-state index is 0. The Hall–Kier alpha value is -1.69. The van der Waals surface area contributed by atoms with Crippen molar-refractivity contribution in [2.24, 2.45) is 0 Å². The van der Waals surface area contributed by atoms with Gasteiger partial charge in [-0.1, -0.05) is 12.1 Å². The van der Waals surface area contributed by atoms with Crippen LogP contribution in [0.3, 0.4) is 0 Å². The molecule has 0 unspecified atom stereocenters. The first-order valence-electron chi connectivity index (χ1n) is 7.81. The van der Waals surface area contributed by atoms with Gasteiger partial charge >= 0.3 is 0 Å². The molecule has 0 aliphatic carbocycles. The molecule has 1 aliphatic heterocycles. The summed E-state index contributed by atoms with van der Waals surface area (Å²) in [6.07, 6.45) is 3.71. The second-order valence-corrected chi connectivity index (χ2v) is 5.70. The molecule has 0 amide bonds. The summed E-state index contributed by atoms with van der Waals surface area (Å²) in [7, 11) is 2.17. The maximum Gasteiger partial charge on any atom is 0.133 e. The van der Waals surface area contributed by atoms with Crippen molar-refractivity contribution in [2.75, 3.05) is 38.1 Å². The van der Waals surface area contributed by atoms with E-state index in [9.17, 15) is 0 Å². The third-order valence-corrected chi connectivity index (χ3v) is 4.02. The molecule has 1 N–H and O–H groups in total. The van der Waals surface area contributed by atoms with E-state index in [1.165, 1.54) is 5.56 Å². The van der Waals surface area contributed by atoms with E-state index >= 15 is 0 Å². The van der Waals surface area contributed by atoms with E-state index in [0.717, 1.165) is 50.8 Å². The number of nitrogens with one attached hydrogen (secondary N) is 1. The number of anilines is 1. The summed E-state index contributed by atoms with van der Waals surface area (Å²) in [5.41, 5.74) is 2.32. The van der Waals surface area contributed by atoms with Gasteiger partial charge in [-0.05, 0) is 25.2 Å². The van der Waals surface area contributed by atoms with Crippen LogP contribution in [0, 0.1) is 0 Å². The summed E-state index contributed by atoms with van der Waals surface area (Å²) >= 11 is 0. The number of likely N-dealkylation sites (N-methyl/N-ethyl adjacent to an activating group) is 1. The molecule has 1 saturated heterocycles. The van der Waals surface area contributed by atoms with Crippen molar-refractivity contribution < 1.29 is 0 Å². The highest BCUT2D eigenvalue weighted by atomic mass is 35.5. The number of aromatic nitrogens is 2. The van der Waals surface area contributed by atoms with Crippen LogP contribution in [0.25, 0.3) is 0 Å². The Labute approximate surface area is 144 Å². The van der Waals surface area contributed by atoms with Crippen LogP contribution in [0.2, 0.25) is 0 Å². The SMILES string of the molecule is CN1CCN(c2ncccc2CNCc2ccccn2)CC1.Cl. The van der Waals surface area contributed by atoms with Gasteiger partial charge in [0.05, 0.1) is 5.69 Å². The van der Waals surface area contributed by atoms with Gasteiger partial charge in [0.15, 0.2) is 0 Å². The molecule has 1 fully saturated rings. The largest absolute Gasteiger partial charge is 0.354 e. The molecule has 3 heterocycles. The van der Waals surface area contributed by atoms with Crippen molar-refractivity contribution >= 4 is 18.2 Å². The number of piperazine rings is 1. The maximum absolute atomic E-state index is 4.60. The third kappa shape index (κ3) is 4.89. The Kier molecular flexibility index (Phi) is 6.77. The second kappa shape index (κ2) is 8.82. The first kappa shape index (κ1) is 17.7. The fourth-order valence-electron chi connectivity index (χ4n) is 2.70. The summed E-state index contributed by atoms with van der Waals surface area (Å²) in [6.45, 7) is 5.86. The highest BCUT2D eigenvalue weighted by Gasteiger charge is 2.17. The summed E-state index contributed by atoms with van der Waals surface area (Å²) < 4.78 is 0. The van der Waals surface area contributed by atoms with E-state index in [4.69, 9.17) is 0 Å². The molecule has 0 bridgehead atoms. The van der Waals surface area contributed by atoms with Crippen LogP contribution < -0.4 is 10.2 Å². The normalized spacial score (nSPS) is 15.3. The van der Waals surface area contributed by atoms with Crippen molar-refractivity contribution in [2.45, 2.75) is 13.1 Å². The third-order valence-electron chi connectivity index (χ3n) is 4.02. The number of nitrogens with zero attached hydrogens (tertiary/aromatic N) is 4. The standard InChI is InChI=1S/C17H23N5.ClH/c1-21-9-11-22(12-10-21)17-15(5-4-8-20-17)13-18-14-16-6-2-3-7-19-16;/h2-8,18H,9-14H2,1H3;1H.